The Labute approximate surface area is 107 Å². The molecule has 0 spiro atoms. The average Bonchev–Trinajstić information content (AvgIpc) is 1.86. The smallest absolute Gasteiger partial charge is 0.644 e. The van der Waals surface area contributed by atoms with Crippen LogP contribution in [0, 0.1) is 0 Å². The molecule has 0 unspecified atom stereocenters. The van der Waals surface area contributed by atoms with Crippen LogP contribution in [-0.4, -0.2) is 8.42 Å². The fraction of sp³-hybridized carbons (Fsp3) is 0. The molecule has 0 fully saturated rings. The second-order valence-corrected chi connectivity index (χ2v) is 5.52. The van der Waals surface area contributed by atoms with E-state index in [4.69, 9.17) is 0 Å². The Balaban J connectivity index is 0.00000121. The number of hydrogen-bond acceptors (Lipinski definition) is 3. The van der Waals surface area contributed by atoms with Gasteiger partial charge in [-0.05, 0) is 24.3 Å². The monoisotopic (exact) mass is 274 g/mol. The van der Waals surface area contributed by atoms with Crippen LogP contribution in [0.5, 0.6) is 0 Å². The van der Waals surface area contributed by atoms with Crippen LogP contribution in [0.3, 0.4) is 0 Å². The first-order valence-electron chi connectivity index (χ1n) is 2.71. The molecule has 0 amide bonds. The minimum Gasteiger partial charge on any atom is -0.644 e. The molecule has 1 aromatic rings. The first-order chi connectivity index (χ1) is 5.00. The maximum Gasteiger partial charge on any atom is 1.00 e. The standard InChI is InChI=1S/C6H5BrO2S2.Na/c7-5-1-3-6(4-2-5)11(8,9)10;/h1-4H,(H,8,9,10);/q;+1/p-1. The molecular formula is C6H4BrNaO2S2. The predicted molar refractivity (Wildman–Crippen MR) is 48.7 cm³/mol. The van der Waals surface area contributed by atoms with E-state index in [0.717, 1.165) is 4.47 Å². The molecule has 12 heavy (non-hydrogen) atoms. The van der Waals surface area contributed by atoms with Gasteiger partial charge in [-0.15, -0.1) is 0 Å². The summed E-state index contributed by atoms with van der Waals surface area (Å²) in [5, 5.41) is 0. The van der Waals surface area contributed by atoms with Crippen molar-refractivity contribution in [1.82, 2.24) is 0 Å². The molecule has 0 radical (unpaired) electrons. The Hall–Kier alpha value is 1.000. The summed E-state index contributed by atoms with van der Waals surface area (Å²) in [4.78, 5) is 0.163. The van der Waals surface area contributed by atoms with E-state index in [1.165, 1.54) is 12.1 Å². The SMILES string of the molecule is O=S(=O)([S-])c1ccc(Br)cc1.[Na+]. The first kappa shape index (κ1) is 13.0. The van der Waals surface area contributed by atoms with Gasteiger partial charge in [-0.2, -0.15) is 0 Å². The molecule has 0 saturated heterocycles. The molecule has 0 aliphatic carbocycles. The Morgan fingerprint density at radius 3 is 1.92 bits per heavy atom. The van der Waals surface area contributed by atoms with Crippen molar-refractivity contribution >= 4 is 36.5 Å². The summed E-state index contributed by atoms with van der Waals surface area (Å²) in [7, 11) is -3.46. The van der Waals surface area contributed by atoms with Crippen LogP contribution >= 0.6 is 15.9 Å². The average molecular weight is 275 g/mol. The fourth-order valence-corrected chi connectivity index (χ4v) is 1.67. The summed E-state index contributed by atoms with van der Waals surface area (Å²) in [6.45, 7) is 0. The van der Waals surface area contributed by atoms with E-state index in [1.54, 1.807) is 12.1 Å². The summed E-state index contributed by atoms with van der Waals surface area (Å²) in [6, 6.07) is 6.21. The van der Waals surface area contributed by atoms with Gasteiger partial charge in [0, 0.05) is 9.37 Å². The molecule has 0 bridgehead atoms. The molecule has 0 N–H and O–H groups in total. The number of rotatable bonds is 1. The van der Waals surface area contributed by atoms with Gasteiger partial charge in [0.2, 0.25) is 0 Å². The van der Waals surface area contributed by atoms with Gasteiger partial charge in [0.15, 0.2) is 0 Å². The Morgan fingerprint density at radius 2 is 1.58 bits per heavy atom. The second-order valence-electron chi connectivity index (χ2n) is 1.91. The largest absolute Gasteiger partial charge is 1.00 e. The van der Waals surface area contributed by atoms with Crippen LogP contribution in [0.1, 0.15) is 0 Å². The van der Waals surface area contributed by atoms with Gasteiger partial charge in [0.25, 0.3) is 0 Å². The van der Waals surface area contributed by atoms with Crippen molar-refractivity contribution in [3.63, 3.8) is 0 Å². The van der Waals surface area contributed by atoms with Crippen LogP contribution in [0.2, 0.25) is 0 Å². The quantitative estimate of drug-likeness (QED) is 0.362. The molecular weight excluding hydrogens is 271 g/mol. The van der Waals surface area contributed by atoms with Crippen LogP contribution in [0.15, 0.2) is 33.6 Å². The van der Waals surface area contributed by atoms with Gasteiger partial charge < -0.3 is 11.7 Å². The van der Waals surface area contributed by atoms with Crippen molar-refractivity contribution in [2.75, 3.05) is 0 Å². The minimum absolute atomic E-state index is 0. The van der Waals surface area contributed by atoms with Crippen LogP contribution < -0.4 is 29.6 Å². The zero-order valence-electron chi connectivity index (χ0n) is 6.32. The third-order valence-corrected chi connectivity index (χ3v) is 3.06. The van der Waals surface area contributed by atoms with E-state index in [1.807, 2.05) is 0 Å². The summed E-state index contributed by atoms with van der Waals surface area (Å²) < 4.78 is 22.3. The summed E-state index contributed by atoms with van der Waals surface area (Å²) in [6.07, 6.45) is 0. The molecule has 0 aromatic heterocycles. The number of benzene rings is 1. The summed E-state index contributed by atoms with van der Waals surface area (Å²) in [5.41, 5.74) is 0. The van der Waals surface area contributed by atoms with E-state index in [2.05, 4.69) is 27.6 Å². The summed E-state index contributed by atoms with van der Waals surface area (Å²) >= 11 is 7.43. The Bertz CT molecular complexity index is 346. The first-order valence-corrected chi connectivity index (χ1v) is 5.92. The molecule has 0 aliphatic rings. The van der Waals surface area contributed by atoms with E-state index in [9.17, 15) is 8.42 Å². The van der Waals surface area contributed by atoms with Gasteiger partial charge in [-0.25, -0.2) is 8.42 Å². The van der Waals surface area contributed by atoms with E-state index in [0.29, 0.717) is 0 Å². The Kier molecular flexibility index (Phi) is 5.44. The second kappa shape index (κ2) is 5.02. The van der Waals surface area contributed by atoms with Gasteiger partial charge in [0.1, 0.15) is 0 Å². The van der Waals surface area contributed by atoms with E-state index >= 15 is 0 Å². The number of halogens is 1. The van der Waals surface area contributed by atoms with Crippen molar-refractivity contribution in [1.29, 1.82) is 0 Å². The maximum absolute atomic E-state index is 10.7. The molecule has 0 saturated carbocycles. The Morgan fingerprint density at radius 1 is 1.17 bits per heavy atom. The van der Waals surface area contributed by atoms with Gasteiger partial charge in [-0.3, -0.25) is 0 Å². The van der Waals surface area contributed by atoms with Crippen molar-refractivity contribution < 1.29 is 38.0 Å². The molecule has 6 heteroatoms. The number of hydrogen-bond donors (Lipinski definition) is 0. The van der Waals surface area contributed by atoms with Crippen LogP contribution in [0.25, 0.3) is 0 Å². The van der Waals surface area contributed by atoms with Crippen LogP contribution in [-0.2, 0) is 20.5 Å². The zero-order valence-corrected chi connectivity index (χ0v) is 11.5. The molecule has 0 heterocycles. The molecule has 1 rings (SSSR count). The third kappa shape index (κ3) is 3.81. The van der Waals surface area contributed by atoms with E-state index < -0.39 is 8.87 Å². The van der Waals surface area contributed by atoms with Gasteiger partial charge in [0.05, 0.1) is 8.87 Å². The molecule has 2 nitrogen and oxygen atoms in total. The molecule has 0 aliphatic heterocycles. The van der Waals surface area contributed by atoms with Crippen molar-refractivity contribution in [3.8, 4) is 0 Å². The topological polar surface area (TPSA) is 34.1 Å². The zero-order chi connectivity index (χ0) is 8.48. The maximum atomic E-state index is 10.7. The minimum atomic E-state index is -3.46. The predicted octanol–water partition coefficient (Wildman–Crippen LogP) is -1.31. The normalized spacial score (nSPS) is 10.5. The molecule has 1 aromatic carbocycles. The van der Waals surface area contributed by atoms with Crippen LogP contribution in [0.4, 0.5) is 0 Å². The van der Waals surface area contributed by atoms with E-state index in [-0.39, 0.29) is 34.5 Å². The van der Waals surface area contributed by atoms with Gasteiger partial charge >= 0.3 is 29.6 Å². The fourth-order valence-electron chi connectivity index (χ4n) is 0.601. The van der Waals surface area contributed by atoms with Crippen molar-refractivity contribution in [3.05, 3.63) is 28.7 Å². The van der Waals surface area contributed by atoms with Gasteiger partial charge in [-0.1, -0.05) is 15.9 Å². The molecule has 60 valence electrons. The third-order valence-electron chi connectivity index (χ3n) is 1.10. The molecule has 0 atom stereocenters. The van der Waals surface area contributed by atoms with Crippen molar-refractivity contribution in [2.45, 2.75) is 4.90 Å². The summed E-state index contributed by atoms with van der Waals surface area (Å²) in [5.74, 6) is 0. The van der Waals surface area contributed by atoms with Crippen molar-refractivity contribution in [2.24, 2.45) is 0 Å².